The molecule has 9 nitrogen and oxygen atoms in total. The van der Waals surface area contributed by atoms with Gasteiger partial charge < -0.3 is 15.3 Å². The maximum atomic E-state index is 13.9. The fourth-order valence-corrected chi connectivity index (χ4v) is 6.00. The molecule has 0 saturated heterocycles. The Morgan fingerprint density at radius 3 is 2.30 bits per heavy atom. The number of rotatable bonds is 15. The van der Waals surface area contributed by atoms with Gasteiger partial charge in [-0.3, -0.25) is 14.4 Å². The Bertz CT molecular complexity index is 1550. The van der Waals surface area contributed by atoms with E-state index in [1.54, 1.807) is 59.5 Å². The molecular formula is C32H38FN3O6S2. The fraction of sp³-hybridized carbons (Fsp3) is 0.344. The molecule has 236 valence electrons. The third-order valence-corrected chi connectivity index (χ3v) is 8.57. The summed E-state index contributed by atoms with van der Waals surface area (Å²) >= 11 is 4.47. The van der Waals surface area contributed by atoms with Gasteiger partial charge in [0.2, 0.25) is 11.8 Å². The number of carbonyl (C=O) groups is 3. The summed E-state index contributed by atoms with van der Waals surface area (Å²) in [6.07, 6.45) is -0.0812. The lowest BCUT2D eigenvalue weighted by molar-refractivity contribution is -0.132. The fourth-order valence-electron chi connectivity index (χ4n) is 4.43. The molecule has 0 fully saturated rings. The lowest BCUT2D eigenvalue weighted by atomic mass is 10.0. The van der Waals surface area contributed by atoms with E-state index in [-0.39, 0.29) is 53.8 Å². The van der Waals surface area contributed by atoms with E-state index in [0.29, 0.717) is 36.0 Å². The Balaban J connectivity index is 1.65. The smallest absolute Gasteiger partial charge is 0.264 e. The molecule has 3 N–H and O–H groups in total. The van der Waals surface area contributed by atoms with Crippen LogP contribution in [0.3, 0.4) is 0 Å². The predicted octanol–water partition coefficient (Wildman–Crippen LogP) is 3.85. The van der Waals surface area contributed by atoms with Gasteiger partial charge in [-0.05, 0) is 48.6 Å². The number of benzene rings is 3. The van der Waals surface area contributed by atoms with Crippen LogP contribution in [-0.2, 0) is 37.4 Å². The van der Waals surface area contributed by atoms with Gasteiger partial charge in [-0.2, -0.15) is 12.6 Å². The quantitative estimate of drug-likeness (QED) is 0.186. The summed E-state index contributed by atoms with van der Waals surface area (Å²) < 4.78 is 41.5. The van der Waals surface area contributed by atoms with E-state index in [1.165, 1.54) is 25.1 Å². The standard InChI is InChI=1S/C32H38FN3O6S2/c1-3-8-31(39)36(18-17-30(38)34-20-26(43)19-25-9-4-6-11-28(25)33)21-23-13-15-24(16-14-23)27-10-5-7-12-29(27)44(41,42)35-32(40)22(2)37/h4-7,9-16,22,26,37,43H,3,8,17-21H2,1-2H3,(H,34,38)(H,35,40)/t22-,26+/m0/s1. The number of amides is 3. The number of aliphatic hydroxyl groups is 1. The highest BCUT2D eigenvalue weighted by Gasteiger charge is 2.24. The molecule has 3 amide bonds. The van der Waals surface area contributed by atoms with Crippen LogP contribution in [0.5, 0.6) is 0 Å². The number of hydrogen-bond donors (Lipinski definition) is 4. The van der Waals surface area contributed by atoms with Crippen LogP contribution in [0.4, 0.5) is 4.39 Å². The maximum absolute atomic E-state index is 13.9. The first kappa shape index (κ1) is 34.7. The summed E-state index contributed by atoms with van der Waals surface area (Å²) in [4.78, 5) is 38.8. The van der Waals surface area contributed by atoms with E-state index >= 15 is 0 Å². The number of thiol groups is 1. The van der Waals surface area contributed by atoms with Gasteiger partial charge in [0.05, 0.1) is 4.90 Å². The van der Waals surface area contributed by atoms with Crippen molar-refractivity contribution >= 4 is 40.4 Å². The van der Waals surface area contributed by atoms with Gasteiger partial charge in [0.15, 0.2) is 0 Å². The zero-order chi connectivity index (χ0) is 32.3. The van der Waals surface area contributed by atoms with Crippen LogP contribution in [0.25, 0.3) is 11.1 Å². The average Bonchev–Trinajstić information content (AvgIpc) is 2.99. The predicted molar refractivity (Wildman–Crippen MR) is 170 cm³/mol. The number of nitrogens with zero attached hydrogens (tertiary/aromatic N) is 1. The highest BCUT2D eigenvalue weighted by Crippen LogP contribution is 2.28. The van der Waals surface area contributed by atoms with Gasteiger partial charge >= 0.3 is 0 Å². The molecule has 2 atom stereocenters. The topological polar surface area (TPSA) is 133 Å². The minimum atomic E-state index is -4.25. The monoisotopic (exact) mass is 643 g/mol. The molecule has 0 spiro atoms. The lowest BCUT2D eigenvalue weighted by Crippen LogP contribution is -2.37. The van der Waals surface area contributed by atoms with Crippen LogP contribution in [0.1, 0.15) is 44.2 Å². The second kappa shape index (κ2) is 16.4. The minimum absolute atomic E-state index is 0.0805. The van der Waals surface area contributed by atoms with Crippen LogP contribution < -0.4 is 10.0 Å². The first-order valence-electron chi connectivity index (χ1n) is 14.3. The average molecular weight is 644 g/mol. The number of halogens is 1. The second-order valence-electron chi connectivity index (χ2n) is 10.4. The Morgan fingerprint density at radius 2 is 1.64 bits per heavy atom. The van der Waals surface area contributed by atoms with Crippen LogP contribution in [0, 0.1) is 5.82 Å². The molecule has 3 aromatic carbocycles. The van der Waals surface area contributed by atoms with Crippen molar-refractivity contribution in [2.75, 3.05) is 13.1 Å². The van der Waals surface area contributed by atoms with Gasteiger partial charge in [0.25, 0.3) is 15.9 Å². The molecule has 0 bridgehead atoms. The molecule has 0 aliphatic rings. The third kappa shape index (κ3) is 10.2. The summed E-state index contributed by atoms with van der Waals surface area (Å²) in [6.45, 7) is 3.76. The molecule has 3 rings (SSSR count). The molecule has 44 heavy (non-hydrogen) atoms. The van der Waals surface area contributed by atoms with Crippen molar-refractivity contribution in [2.24, 2.45) is 0 Å². The number of hydrogen-bond acceptors (Lipinski definition) is 7. The molecule has 0 unspecified atom stereocenters. The van der Waals surface area contributed by atoms with Crippen LogP contribution in [0.15, 0.2) is 77.7 Å². The van der Waals surface area contributed by atoms with E-state index in [9.17, 15) is 32.3 Å². The van der Waals surface area contributed by atoms with Crippen molar-refractivity contribution in [3.8, 4) is 11.1 Å². The number of sulfonamides is 1. The van der Waals surface area contributed by atoms with E-state index in [1.807, 2.05) is 11.6 Å². The van der Waals surface area contributed by atoms with E-state index in [4.69, 9.17) is 0 Å². The molecule has 0 saturated carbocycles. The summed E-state index contributed by atoms with van der Waals surface area (Å²) in [6, 6.07) is 19.6. The summed E-state index contributed by atoms with van der Waals surface area (Å²) in [5.41, 5.74) is 2.23. The minimum Gasteiger partial charge on any atom is -0.384 e. The summed E-state index contributed by atoms with van der Waals surface area (Å²) in [5.74, 6) is -1.69. The van der Waals surface area contributed by atoms with Crippen LogP contribution in [0.2, 0.25) is 0 Å². The van der Waals surface area contributed by atoms with Gasteiger partial charge in [-0.15, -0.1) is 0 Å². The van der Waals surface area contributed by atoms with E-state index in [2.05, 4.69) is 17.9 Å². The highest BCUT2D eigenvalue weighted by atomic mass is 32.2. The van der Waals surface area contributed by atoms with Gasteiger partial charge in [0.1, 0.15) is 11.9 Å². The maximum Gasteiger partial charge on any atom is 0.264 e. The summed E-state index contributed by atoms with van der Waals surface area (Å²) in [7, 11) is -4.25. The first-order chi connectivity index (χ1) is 20.9. The molecule has 0 aliphatic carbocycles. The number of aliphatic hydroxyl groups excluding tert-OH is 1. The number of carbonyl (C=O) groups excluding carboxylic acids is 3. The number of nitrogens with one attached hydrogen (secondary N) is 2. The Labute approximate surface area is 263 Å². The zero-order valence-electron chi connectivity index (χ0n) is 24.7. The van der Waals surface area contributed by atoms with Crippen molar-refractivity contribution in [2.45, 2.75) is 62.3 Å². The normalized spacial score (nSPS) is 12.7. The molecule has 12 heteroatoms. The van der Waals surface area contributed by atoms with Gasteiger partial charge in [-0.25, -0.2) is 17.5 Å². The van der Waals surface area contributed by atoms with Crippen molar-refractivity contribution in [3.63, 3.8) is 0 Å². The summed E-state index contributed by atoms with van der Waals surface area (Å²) in [5, 5.41) is 12.0. The molecule has 0 radical (unpaired) electrons. The van der Waals surface area contributed by atoms with E-state index in [0.717, 1.165) is 5.56 Å². The molecular weight excluding hydrogens is 605 g/mol. The largest absolute Gasteiger partial charge is 0.384 e. The van der Waals surface area contributed by atoms with E-state index < -0.39 is 22.0 Å². The van der Waals surface area contributed by atoms with Gasteiger partial charge in [0, 0.05) is 43.3 Å². The molecule has 0 aliphatic heterocycles. The second-order valence-corrected chi connectivity index (χ2v) is 12.8. The van der Waals surface area contributed by atoms with Crippen molar-refractivity contribution in [1.82, 2.24) is 14.9 Å². The Morgan fingerprint density at radius 1 is 0.977 bits per heavy atom. The molecule has 3 aromatic rings. The third-order valence-electron chi connectivity index (χ3n) is 6.80. The first-order valence-corrected chi connectivity index (χ1v) is 16.3. The van der Waals surface area contributed by atoms with Crippen molar-refractivity contribution in [1.29, 1.82) is 0 Å². The van der Waals surface area contributed by atoms with Crippen molar-refractivity contribution in [3.05, 3.63) is 89.7 Å². The molecule has 0 heterocycles. The lowest BCUT2D eigenvalue weighted by Gasteiger charge is -2.23. The molecule has 0 aromatic heterocycles. The Hall–Kier alpha value is -3.74. The highest BCUT2D eigenvalue weighted by molar-refractivity contribution is 7.90. The SMILES string of the molecule is CCCC(=O)N(CCC(=O)NC[C@H](S)Cc1ccccc1F)Cc1ccc(-c2ccccc2S(=O)(=O)NC(=O)[C@H](C)O)cc1. The van der Waals surface area contributed by atoms with Gasteiger partial charge in [-0.1, -0.05) is 67.6 Å². The van der Waals surface area contributed by atoms with Crippen LogP contribution in [-0.4, -0.2) is 60.6 Å². The zero-order valence-corrected chi connectivity index (χ0v) is 26.4. The van der Waals surface area contributed by atoms with Crippen molar-refractivity contribution < 1.29 is 32.3 Å². The van der Waals surface area contributed by atoms with Crippen LogP contribution >= 0.6 is 12.6 Å². The Kier molecular flexibility index (Phi) is 12.9.